The van der Waals surface area contributed by atoms with E-state index >= 15 is 5.11 Å². The lowest BCUT2D eigenvalue weighted by atomic mass is 9.66. The second-order valence-corrected chi connectivity index (χ2v) is 27.2. The fraction of sp³-hybridized carbons (Fsp3) is 0.277. The van der Waals surface area contributed by atoms with E-state index in [2.05, 4.69) is 312 Å². The average molecular weight is 1320 g/mol. The Morgan fingerprint density at radius 1 is 0.344 bits per heavy atom. The molecule has 0 bridgehead atoms. The first-order valence-corrected chi connectivity index (χ1v) is 34.0. The highest BCUT2D eigenvalue weighted by Gasteiger charge is 2.50. The molecule has 0 amide bonds. The molecule has 5 nitrogen and oxygen atoms in total. The predicted molar refractivity (Wildman–Crippen MR) is 377 cm³/mol. The monoisotopic (exact) mass is 1320 g/mol. The fourth-order valence-corrected chi connectivity index (χ4v) is 14.0. The Morgan fingerprint density at radius 2 is 0.656 bits per heavy atom. The van der Waals surface area contributed by atoms with Crippen LogP contribution in [0.15, 0.2) is 233 Å². The van der Waals surface area contributed by atoms with Crippen molar-refractivity contribution < 1.29 is 24.1 Å². The number of halogens is 2. The zero-order valence-electron chi connectivity index (χ0n) is 53.2. The molecule has 0 saturated carbocycles. The minimum Gasteiger partial charge on any atom is -0.493 e. The molecule has 1 N–H and O–H groups in total. The van der Waals surface area contributed by atoms with Gasteiger partial charge in [0.15, 0.2) is 0 Å². The van der Waals surface area contributed by atoms with Crippen LogP contribution in [0.5, 0.6) is 23.0 Å². The molecule has 2 aliphatic carbocycles. The molecule has 0 spiro atoms. The summed E-state index contributed by atoms with van der Waals surface area (Å²) in [5, 5.41) is 15.3. The molecule has 90 heavy (non-hydrogen) atoms. The van der Waals surface area contributed by atoms with E-state index in [9.17, 15) is 0 Å². The minimum absolute atomic E-state index is 0.423. The Morgan fingerprint density at radius 3 is 1.00 bits per heavy atom. The minimum atomic E-state index is -1.79. The van der Waals surface area contributed by atoms with Gasteiger partial charge in [-0.05, 0) is 185 Å². The summed E-state index contributed by atoms with van der Waals surface area (Å²) < 4.78 is 27.7. The normalized spacial score (nSPS) is 17.4. The number of benzene rings is 10. The zero-order valence-corrected chi connectivity index (χ0v) is 56.3. The third-order valence-electron chi connectivity index (χ3n) is 19.5. The molecule has 0 radical (unpaired) electrons. The van der Waals surface area contributed by atoms with E-state index < -0.39 is 16.4 Å². The Labute approximate surface area is 550 Å². The highest BCUT2D eigenvalue weighted by atomic mass is 79.9. The number of hydrogen-bond donors (Lipinski definition) is 1. The lowest BCUT2D eigenvalue weighted by Gasteiger charge is -2.38. The molecule has 4 atom stereocenters. The third kappa shape index (κ3) is 11.5. The van der Waals surface area contributed by atoms with Crippen LogP contribution < -0.4 is 18.9 Å². The maximum Gasteiger partial charge on any atom is 0.141 e. The smallest absolute Gasteiger partial charge is 0.141 e. The summed E-state index contributed by atoms with van der Waals surface area (Å²) in [5.41, 5.74) is 13.9. The predicted octanol–water partition coefficient (Wildman–Crippen LogP) is 21.6. The van der Waals surface area contributed by atoms with E-state index in [1.54, 1.807) is 0 Å². The summed E-state index contributed by atoms with van der Waals surface area (Å²) in [5.74, 6) is 5.02. The van der Waals surface area contributed by atoms with Gasteiger partial charge in [-0.15, -0.1) is 0 Å². The van der Waals surface area contributed by atoms with Crippen LogP contribution in [0.4, 0.5) is 0 Å². The fourth-order valence-electron chi connectivity index (χ4n) is 13.4. The van der Waals surface area contributed by atoms with Crippen LogP contribution in [0.3, 0.4) is 0 Å². The molecule has 4 unspecified atom stereocenters. The van der Waals surface area contributed by atoms with Gasteiger partial charge in [-0.1, -0.05) is 265 Å². The van der Waals surface area contributed by atoms with Crippen molar-refractivity contribution in [2.45, 2.75) is 97.5 Å². The van der Waals surface area contributed by atoms with Crippen molar-refractivity contribution in [1.29, 1.82) is 0 Å². The van der Waals surface area contributed by atoms with Gasteiger partial charge in [0, 0.05) is 14.5 Å². The van der Waals surface area contributed by atoms with Crippen molar-refractivity contribution in [3.8, 4) is 56.4 Å². The molecule has 0 aromatic heterocycles. The lowest BCUT2D eigenvalue weighted by Crippen LogP contribution is -2.33. The highest BCUT2D eigenvalue weighted by Crippen LogP contribution is 2.60. The first-order chi connectivity index (χ1) is 43.7. The summed E-state index contributed by atoms with van der Waals surface area (Å²) in [7, 11) is 0. The van der Waals surface area contributed by atoms with Crippen molar-refractivity contribution >= 4 is 31.9 Å². The number of ether oxygens (including phenoxy) is 4. The van der Waals surface area contributed by atoms with Gasteiger partial charge in [0.25, 0.3) is 0 Å². The maximum absolute atomic E-state index is 15.3. The Hall–Kier alpha value is -7.68. The van der Waals surface area contributed by atoms with E-state index in [1.807, 2.05) is 0 Å². The summed E-state index contributed by atoms with van der Waals surface area (Å²) in [6.45, 7) is 20.3. The van der Waals surface area contributed by atoms with Crippen LogP contribution in [0, 0.1) is 23.7 Å². The molecular weight excluding hydrogens is 1240 g/mol. The Balaban J connectivity index is 1.13. The van der Waals surface area contributed by atoms with Gasteiger partial charge in [0.05, 0.1) is 37.3 Å². The first-order valence-electron chi connectivity index (χ1n) is 32.5. The van der Waals surface area contributed by atoms with Gasteiger partial charge in [0.1, 0.15) is 28.6 Å². The van der Waals surface area contributed by atoms with Crippen LogP contribution in [-0.2, 0) is 16.4 Å². The van der Waals surface area contributed by atoms with Gasteiger partial charge < -0.3 is 24.1 Å². The standard InChI is InChI=1S/C83H82Br2O5/c1-9-54(5)50-87-67-36-23-59(24-37-67)81(60-25-38-68(39-26-60)88-51-55(6)10-2)76-19-15-13-17-72(76)74-44-31-63(47-78(74)81)83(86,80-49-66(85)35-46-71(80)58-21-33-65(84)34-22-58)64-32-45-75-73-18-14-16-20-77(73)82(79(75)48-64,61-27-40-69(41-28-61)89-52-56(7)11-3)62-29-42-70(43-30-62)90-53-57(8)12-4/h13-49,54-57,86H,9-12,50-53H2,1-8H3. The molecule has 0 saturated heterocycles. The molecule has 0 aliphatic heterocycles. The molecule has 10 aromatic rings. The zero-order chi connectivity index (χ0) is 62.7. The topological polar surface area (TPSA) is 57.2 Å². The summed E-state index contributed by atoms with van der Waals surface area (Å²) >= 11 is 7.71. The van der Waals surface area contributed by atoms with Gasteiger partial charge in [0.2, 0.25) is 0 Å². The Kier molecular flexibility index (Phi) is 18.5. The van der Waals surface area contributed by atoms with Crippen molar-refractivity contribution in [1.82, 2.24) is 0 Å². The van der Waals surface area contributed by atoms with Crippen molar-refractivity contribution in [2.75, 3.05) is 26.4 Å². The second kappa shape index (κ2) is 26.6. The number of rotatable bonds is 24. The molecule has 458 valence electrons. The van der Waals surface area contributed by atoms with Crippen molar-refractivity contribution in [2.24, 2.45) is 23.7 Å². The van der Waals surface area contributed by atoms with Crippen molar-refractivity contribution in [3.63, 3.8) is 0 Å². The first kappa shape index (κ1) is 62.5. The van der Waals surface area contributed by atoms with E-state index in [0.717, 1.165) is 152 Å². The average Bonchev–Trinajstić information content (AvgIpc) is 1.50. The summed E-state index contributed by atoms with van der Waals surface area (Å²) in [6.07, 6.45) is 4.15. The Bertz CT molecular complexity index is 3780. The lowest BCUT2D eigenvalue weighted by molar-refractivity contribution is 0.126. The van der Waals surface area contributed by atoms with E-state index in [0.29, 0.717) is 50.1 Å². The molecule has 0 heterocycles. The summed E-state index contributed by atoms with van der Waals surface area (Å²) in [6, 6.07) is 80.9. The van der Waals surface area contributed by atoms with E-state index in [4.69, 9.17) is 18.9 Å². The van der Waals surface area contributed by atoms with Gasteiger partial charge >= 0.3 is 0 Å². The quantitative estimate of drug-likeness (QED) is 0.0611. The number of hydrogen-bond acceptors (Lipinski definition) is 5. The van der Waals surface area contributed by atoms with Crippen LogP contribution in [0.1, 0.15) is 142 Å². The van der Waals surface area contributed by atoms with Crippen LogP contribution in [0.25, 0.3) is 33.4 Å². The van der Waals surface area contributed by atoms with Crippen LogP contribution in [-0.4, -0.2) is 31.5 Å². The van der Waals surface area contributed by atoms with Gasteiger partial charge in [-0.2, -0.15) is 0 Å². The van der Waals surface area contributed by atoms with Crippen molar-refractivity contribution in [3.05, 3.63) is 295 Å². The van der Waals surface area contributed by atoms with E-state index in [1.165, 1.54) is 0 Å². The molecule has 7 heteroatoms. The maximum atomic E-state index is 15.3. The largest absolute Gasteiger partial charge is 0.493 e. The number of aliphatic hydroxyl groups is 1. The van der Waals surface area contributed by atoms with Crippen LogP contribution >= 0.6 is 31.9 Å². The van der Waals surface area contributed by atoms with Gasteiger partial charge in [-0.3, -0.25) is 0 Å². The molecular formula is C83H82Br2O5. The molecule has 10 aromatic carbocycles. The summed E-state index contributed by atoms with van der Waals surface area (Å²) in [4.78, 5) is 0. The third-order valence-corrected chi connectivity index (χ3v) is 20.5. The molecule has 2 aliphatic rings. The van der Waals surface area contributed by atoms with E-state index in [-0.39, 0.29) is 0 Å². The number of fused-ring (bicyclic) bond motifs is 6. The molecule has 0 fully saturated rings. The van der Waals surface area contributed by atoms with Crippen LogP contribution in [0.2, 0.25) is 0 Å². The molecule has 12 rings (SSSR count). The van der Waals surface area contributed by atoms with Gasteiger partial charge in [-0.25, -0.2) is 0 Å². The second-order valence-electron chi connectivity index (χ2n) is 25.4. The SMILES string of the molecule is CCC(C)COc1ccc(C2(c3ccc(OCC(C)CC)cc3)c3ccccc3-c3ccc(C(O)(c4ccc5c(c4)C(c4ccc(OCC(C)CC)cc4)(c4ccc(OCC(C)CC)cc4)c4ccccc4-5)c4cc(Br)ccc4-c4ccc(Br)cc4)cc32)cc1. The highest BCUT2D eigenvalue weighted by molar-refractivity contribution is 9.10.